The zero-order valence-electron chi connectivity index (χ0n) is 8.96. The molecule has 0 fully saturated rings. The minimum absolute atomic E-state index is 0.135. The maximum absolute atomic E-state index is 4.61. The summed E-state index contributed by atoms with van der Waals surface area (Å²) in [5.74, 6) is 1.03. The average Bonchev–Trinajstić information content (AvgIpc) is 2.46. The second kappa shape index (κ2) is 2.72. The van der Waals surface area contributed by atoms with Crippen LogP contribution in [0.2, 0.25) is 0 Å². The topological polar surface area (TPSA) is 24.9 Å². The Morgan fingerprint density at radius 1 is 1.47 bits per heavy atom. The van der Waals surface area contributed by atoms with E-state index in [1.807, 2.05) is 12.1 Å². The number of nitrogens with one attached hydrogen (secondary N) is 1. The Labute approximate surface area is 89.3 Å². The fraction of sp³-hybridized carbons (Fsp3) is 0.308. The van der Waals surface area contributed by atoms with Gasteiger partial charge in [0.2, 0.25) is 0 Å². The fourth-order valence-electron chi connectivity index (χ4n) is 2.18. The SMILES string of the molecule is CC1(C)Cc2cc3cc[c]cc3nc2N1. The molecule has 2 nitrogen and oxygen atoms in total. The van der Waals surface area contributed by atoms with Crippen molar-refractivity contribution in [3.05, 3.63) is 35.9 Å². The lowest BCUT2D eigenvalue weighted by atomic mass is 10.0. The Hall–Kier alpha value is -1.57. The summed E-state index contributed by atoms with van der Waals surface area (Å²) in [6, 6.07) is 11.2. The second-order valence-corrected chi connectivity index (χ2v) is 4.80. The number of nitrogens with zero attached hydrogens (tertiary/aromatic N) is 1. The van der Waals surface area contributed by atoms with Crippen molar-refractivity contribution in [1.29, 1.82) is 0 Å². The van der Waals surface area contributed by atoms with Crippen LogP contribution in [0.3, 0.4) is 0 Å². The summed E-state index contributed by atoms with van der Waals surface area (Å²) >= 11 is 0. The molecule has 75 valence electrons. The highest BCUT2D eigenvalue weighted by Crippen LogP contribution is 2.32. The number of hydrogen-bond acceptors (Lipinski definition) is 2. The summed E-state index contributed by atoms with van der Waals surface area (Å²) in [6.07, 6.45) is 1.05. The average molecular weight is 197 g/mol. The molecule has 15 heavy (non-hydrogen) atoms. The zero-order chi connectivity index (χ0) is 10.5. The van der Waals surface area contributed by atoms with Gasteiger partial charge < -0.3 is 5.32 Å². The zero-order valence-corrected chi connectivity index (χ0v) is 8.96. The van der Waals surface area contributed by atoms with E-state index in [1.165, 1.54) is 10.9 Å². The minimum Gasteiger partial charge on any atom is -0.365 e. The minimum atomic E-state index is 0.135. The summed E-state index contributed by atoms with van der Waals surface area (Å²) in [7, 11) is 0. The van der Waals surface area contributed by atoms with Gasteiger partial charge in [-0.1, -0.05) is 12.1 Å². The molecule has 0 spiro atoms. The number of anilines is 1. The van der Waals surface area contributed by atoms with E-state index in [0.717, 1.165) is 17.8 Å². The van der Waals surface area contributed by atoms with Crippen molar-refractivity contribution >= 4 is 16.7 Å². The molecule has 1 radical (unpaired) electrons. The molecule has 2 heteroatoms. The molecule has 2 aromatic rings. The third-order valence-electron chi connectivity index (χ3n) is 2.83. The van der Waals surface area contributed by atoms with Gasteiger partial charge in [0.15, 0.2) is 0 Å². The van der Waals surface area contributed by atoms with Crippen molar-refractivity contribution in [2.75, 3.05) is 5.32 Å². The predicted octanol–water partition coefficient (Wildman–Crippen LogP) is 2.78. The summed E-state index contributed by atoms with van der Waals surface area (Å²) in [4.78, 5) is 4.61. The highest BCUT2D eigenvalue weighted by Gasteiger charge is 2.28. The lowest BCUT2D eigenvalue weighted by molar-refractivity contribution is 0.593. The van der Waals surface area contributed by atoms with Crippen molar-refractivity contribution in [3.63, 3.8) is 0 Å². The fourth-order valence-corrected chi connectivity index (χ4v) is 2.18. The summed E-state index contributed by atoms with van der Waals surface area (Å²) < 4.78 is 0. The number of pyridine rings is 1. The van der Waals surface area contributed by atoms with Crippen LogP contribution in [-0.4, -0.2) is 10.5 Å². The van der Waals surface area contributed by atoms with Gasteiger partial charge in [0, 0.05) is 10.9 Å². The van der Waals surface area contributed by atoms with E-state index in [1.54, 1.807) is 0 Å². The van der Waals surface area contributed by atoms with E-state index in [4.69, 9.17) is 0 Å². The van der Waals surface area contributed by atoms with Crippen LogP contribution in [0.4, 0.5) is 5.82 Å². The molecule has 0 atom stereocenters. The molecule has 1 aliphatic rings. The summed E-state index contributed by atoms with van der Waals surface area (Å²) in [5, 5.41) is 4.64. The van der Waals surface area contributed by atoms with Crippen LogP contribution in [-0.2, 0) is 6.42 Å². The monoisotopic (exact) mass is 197 g/mol. The number of hydrogen-bond donors (Lipinski definition) is 1. The van der Waals surface area contributed by atoms with Crippen LogP contribution >= 0.6 is 0 Å². The van der Waals surface area contributed by atoms with Crippen molar-refractivity contribution < 1.29 is 0 Å². The maximum Gasteiger partial charge on any atom is 0.130 e. The van der Waals surface area contributed by atoms with Crippen molar-refractivity contribution in [1.82, 2.24) is 4.98 Å². The van der Waals surface area contributed by atoms with E-state index < -0.39 is 0 Å². The Bertz CT molecular complexity index is 483. The molecule has 0 saturated heterocycles. The molecule has 2 heterocycles. The molecule has 0 saturated carbocycles. The molecular formula is C13H13N2. The number of aromatic nitrogens is 1. The third-order valence-corrected chi connectivity index (χ3v) is 2.83. The molecule has 0 bridgehead atoms. The van der Waals surface area contributed by atoms with E-state index in [0.29, 0.717) is 0 Å². The molecule has 1 aromatic heterocycles. The highest BCUT2D eigenvalue weighted by atomic mass is 15.1. The molecule has 0 amide bonds. The van der Waals surface area contributed by atoms with Gasteiger partial charge in [-0.15, -0.1) is 0 Å². The van der Waals surface area contributed by atoms with Crippen LogP contribution in [0.25, 0.3) is 10.9 Å². The number of fused-ring (bicyclic) bond motifs is 2. The van der Waals surface area contributed by atoms with Gasteiger partial charge in [0.25, 0.3) is 0 Å². The lowest BCUT2D eigenvalue weighted by Crippen LogP contribution is -2.27. The number of rotatable bonds is 0. The van der Waals surface area contributed by atoms with Gasteiger partial charge in [-0.25, -0.2) is 4.98 Å². The van der Waals surface area contributed by atoms with E-state index in [9.17, 15) is 0 Å². The van der Waals surface area contributed by atoms with Crippen LogP contribution in [0, 0.1) is 6.07 Å². The van der Waals surface area contributed by atoms with E-state index in [-0.39, 0.29) is 5.54 Å². The van der Waals surface area contributed by atoms with Crippen LogP contribution < -0.4 is 5.32 Å². The molecule has 1 aliphatic heterocycles. The van der Waals surface area contributed by atoms with Crippen LogP contribution in [0.15, 0.2) is 24.3 Å². The quantitative estimate of drug-likeness (QED) is 0.702. The predicted molar refractivity (Wildman–Crippen MR) is 62.0 cm³/mol. The first kappa shape index (κ1) is 8.72. The lowest BCUT2D eigenvalue weighted by Gasteiger charge is -2.17. The first-order valence-electron chi connectivity index (χ1n) is 5.22. The Balaban J connectivity index is 2.23. The van der Waals surface area contributed by atoms with Gasteiger partial charge in [-0.05, 0) is 44.0 Å². The largest absolute Gasteiger partial charge is 0.365 e. The van der Waals surface area contributed by atoms with Crippen molar-refractivity contribution in [3.8, 4) is 0 Å². The first-order chi connectivity index (χ1) is 7.14. The molecule has 1 N–H and O–H groups in total. The van der Waals surface area contributed by atoms with Gasteiger partial charge >= 0.3 is 0 Å². The smallest absolute Gasteiger partial charge is 0.130 e. The third kappa shape index (κ3) is 1.37. The van der Waals surface area contributed by atoms with Gasteiger partial charge in [0.1, 0.15) is 5.82 Å². The Kier molecular flexibility index (Phi) is 1.58. The normalized spacial score (nSPS) is 17.5. The first-order valence-corrected chi connectivity index (χ1v) is 5.22. The van der Waals surface area contributed by atoms with Gasteiger partial charge in [0.05, 0.1) is 5.52 Å². The van der Waals surface area contributed by atoms with E-state index in [2.05, 4.69) is 42.3 Å². The van der Waals surface area contributed by atoms with Gasteiger partial charge in [-0.2, -0.15) is 0 Å². The molecular weight excluding hydrogens is 184 g/mol. The molecule has 1 aromatic carbocycles. The highest BCUT2D eigenvalue weighted by molar-refractivity contribution is 5.82. The van der Waals surface area contributed by atoms with Crippen LogP contribution in [0.1, 0.15) is 19.4 Å². The standard InChI is InChI=1S/C13H13N2/c1-13(2)8-10-7-9-5-3-4-6-11(9)14-12(10)15-13/h3,5-7H,8H2,1-2H3,(H,14,15). The van der Waals surface area contributed by atoms with Crippen molar-refractivity contribution in [2.24, 2.45) is 0 Å². The molecule has 3 rings (SSSR count). The van der Waals surface area contributed by atoms with E-state index >= 15 is 0 Å². The Morgan fingerprint density at radius 2 is 2.33 bits per heavy atom. The second-order valence-electron chi connectivity index (χ2n) is 4.80. The van der Waals surface area contributed by atoms with Crippen molar-refractivity contribution in [2.45, 2.75) is 25.8 Å². The summed E-state index contributed by atoms with van der Waals surface area (Å²) in [5.41, 5.74) is 2.47. The summed E-state index contributed by atoms with van der Waals surface area (Å²) in [6.45, 7) is 4.40. The molecule has 0 unspecified atom stereocenters. The maximum atomic E-state index is 4.61. The molecule has 0 aliphatic carbocycles. The Morgan fingerprint density at radius 3 is 3.20 bits per heavy atom. The van der Waals surface area contributed by atoms with Gasteiger partial charge in [-0.3, -0.25) is 0 Å². The van der Waals surface area contributed by atoms with Crippen LogP contribution in [0.5, 0.6) is 0 Å². The number of benzene rings is 1.